The second kappa shape index (κ2) is 11.3. The molecule has 0 saturated carbocycles. The molecule has 0 spiro atoms. The molecule has 0 aromatic carbocycles. The highest BCUT2D eigenvalue weighted by Gasteiger charge is 2.48. The third-order valence-electron chi connectivity index (χ3n) is 8.89. The lowest BCUT2D eigenvalue weighted by atomic mass is 9.69. The van der Waals surface area contributed by atoms with E-state index in [9.17, 15) is 4.79 Å². The van der Waals surface area contributed by atoms with Crippen LogP contribution in [0.25, 0.3) is 0 Å². The SMILES string of the molecule is C=CCN1CCN(C(=O)CCC[C@@H]2[C@H]3CCCN4CCC[C@@H](CN2Cc2cccnc2)[C@@H]34)CC1. The Labute approximate surface area is 206 Å². The number of hydrogen-bond acceptors (Lipinski definition) is 5. The van der Waals surface area contributed by atoms with Gasteiger partial charge in [-0.2, -0.15) is 0 Å². The van der Waals surface area contributed by atoms with Crippen LogP contribution >= 0.6 is 0 Å². The van der Waals surface area contributed by atoms with Crippen LogP contribution in [0.2, 0.25) is 0 Å². The number of pyridine rings is 1. The zero-order valence-corrected chi connectivity index (χ0v) is 20.9. The molecular weight excluding hydrogens is 422 g/mol. The van der Waals surface area contributed by atoms with Gasteiger partial charge in [0.15, 0.2) is 0 Å². The van der Waals surface area contributed by atoms with Crippen molar-refractivity contribution in [1.82, 2.24) is 24.6 Å². The fourth-order valence-electron chi connectivity index (χ4n) is 7.37. The topological polar surface area (TPSA) is 42.9 Å². The number of nitrogens with zero attached hydrogens (tertiary/aromatic N) is 5. The van der Waals surface area contributed by atoms with Crippen LogP contribution in [0.1, 0.15) is 50.5 Å². The second-order valence-electron chi connectivity index (χ2n) is 11.0. The van der Waals surface area contributed by atoms with Crippen LogP contribution in [0.4, 0.5) is 0 Å². The van der Waals surface area contributed by atoms with Gasteiger partial charge < -0.3 is 4.90 Å². The molecule has 0 aliphatic carbocycles. The molecule has 34 heavy (non-hydrogen) atoms. The predicted molar refractivity (Wildman–Crippen MR) is 136 cm³/mol. The van der Waals surface area contributed by atoms with Crippen LogP contribution in [0.15, 0.2) is 37.2 Å². The molecule has 1 amide bonds. The van der Waals surface area contributed by atoms with Crippen molar-refractivity contribution in [3.05, 3.63) is 42.7 Å². The first kappa shape index (κ1) is 24.0. The number of hydrogen-bond donors (Lipinski definition) is 0. The quantitative estimate of drug-likeness (QED) is 0.552. The van der Waals surface area contributed by atoms with Crippen LogP contribution in [0, 0.1) is 11.8 Å². The van der Waals surface area contributed by atoms with Gasteiger partial charge in [0.25, 0.3) is 0 Å². The molecule has 4 saturated heterocycles. The van der Waals surface area contributed by atoms with Gasteiger partial charge in [-0.1, -0.05) is 12.1 Å². The van der Waals surface area contributed by atoms with Gasteiger partial charge in [-0.15, -0.1) is 6.58 Å². The Bertz CT molecular complexity index is 806. The fraction of sp³-hybridized carbons (Fsp3) is 0.714. The maximum absolute atomic E-state index is 13.0. The third-order valence-corrected chi connectivity index (χ3v) is 8.89. The highest BCUT2D eigenvalue weighted by atomic mass is 16.2. The average Bonchev–Trinajstić information content (AvgIpc) is 2.87. The van der Waals surface area contributed by atoms with E-state index in [1.54, 1.807) is 0 Å². The highest BCUT2D eigenvalue weighted by Crippen LogP contribution is 2.43. The van der Waals surface area contributed by atoms with Gasteiger partial charge in [-0.25, -0.2) is 0 Å². The Morgan fingerprint density at radius 2 is 1.94 bits per heavy atom. The maximum atomic E-state index is 13.0. The van der Waals surface area contributed by atoms with E-state index in [0.717, 1.165) is 70.0 Å². The number of carbonyl (C=O) groups is 1. The highest BCUT2D eigenvalue weighted by molar-refractivity contribution is 5.76. The van der Waals surface area contributed by atoms with Crippen LogP contribution in [-0.4, -0.2) is 94.9 Å². The molecule has 0 radical (unpaired) electrons. The Morgan fingerprint density at radius 1 is 1.12 bits per heavy atom. The number of piperidine rings is 3. The summed E-state index contributed by atoms with van der Waals surface area (Å²) in [5.41, 5.74) is 1.32. The molecule has 1 aromatic heterocycles. The van der Waals surface area contributed by atoms with Crippen molar-refractivity contribution in [2.45, 2.75) is 63.6 Å². The van der Waals surface area contributed by atoms with Crippen molar-refractivity contribution in [3.63, 3.8) is 0 Å². The molecule has 5 heterocycles. The van der Waals surface area contributed by atoms with Crippen molar-refractivity contribution in [2.75, 3.05) is 52.4 Å². The zero-order chi connectivity index (χ0) is 23.3. The van der Waals surface area contributed by atoms with E-state index in [1.165, 1.54) is 50.9 Å². The fourth-order valence-corrected chi connectivity index (χ4v) is 7.37. The second-order valence-corrected chi connectivity index (χ2v) is 11.0. The summed E-state index contributed by atoms with van der Waals surface area (Å²) in [6, 6.07) is 5.64. The lowest BCUT2D eigenvalue weighted by Gasteiger charge is -2.57. The van der Waals surface area contributed by atoms with Crippen LogP contribution in [0.3, 0.4) is 0 Å². The molecule has 6 heteroatoms. The van der Waals surface area contributed by atoms with E-state index in [2.05, 4.69) is 43.3 Å². The lowest BCUT2D eigenvalue weighted by molar-refractivity contribution is -0.133. The third kappa shape index (κ3) is 5.39. The van der Waals surface area contributed by atoms with E-state index in [4.69, 9.17) is 0 Å². The molecule has 5 rings (SSSR count). The van der Waals surface area contributed by atoms with Crippen molar-refractivity contribution < 1.29 is 4.79 Å². The Morgan fingerprint density at radius 3 is 2.71 bits per heavy atom. The smallest absolute Gasteiger partial charge is 0.222 e. The summed E-state index contributed by atoms with van der Waals surface area (Å²) in [5, 5.41) is 0. The van der Waals surface area contributed by atoms with Gasteiger partial charge in [-0.3, -0.25) is 24.5 Å². The average molecular weight is 466 g/mol. The van der Waals surface area contributed by atoms with Crippen molar-refractivity contribution in [2.24, 2.45) is 11.8 Å². The summed E-state index contributed by atoms with van der Waals surface area (Å²) in [5.74, 6) is 1.91. The van der Waals surface area contributed by atoms with Gasteiger partial charge >= 0.3 is 0 Å². The minimum atomic E-state index is 0.355. The molecule has 0 unspecified atom stereocenters. The zero-order valence-electron chi connectivity index (χ0n) is 20.9. The first-order valence-electron chi connectivity index (χ1n) is 13.7. The van der Waals surface area contributed by atoms with Crippen LogP contribution in [-0.2, 0) is 11.3 Å². The van der Waals surface area contributed by atoms with Gasteiger partial charge in [0.05, 0.1) is 0 Å². The van der Waals surface area contributed by atoms with E-state index in [-0.39, 0.29) is 0 Å². The normalized spacial score (nSPS) is 30.6. The number of amides is 1. The van der Waals surface area contributed by atoms with Gasteiger partial charge in [0, 0.05) is 76.7 Å². The van der Waals surface area contributed by atoms with Gasteiger partial charge in [-0.05, 0) is 75.1 Å². The molecule has 4 aliphatic rings. The summed E-state index contributed by atoms with van der Waals surface area (Å²) in [6.45, 7) is 13.2. The summed E-state index contributed by atoms with van der Waals surface area (Å²) in [7, 11) is 0. The molecular formula is C28H43N5O. The number of rotatable bonds is 8. The van der Waals surface area contributed by atoms with Crippen molar-refractivity contribution >= 4 is 5.91 Å². The van der Waals surface area contributed by atoms with E-state index in [0.29, 0.717) is 18.4 Å². The van der Waals surface area contributed by atoms with Gasteiger partial charge in [0.1, 0.15) is 0 Å². The van der Waals surface area contributed by atoms with Gasteiger partial charge in [0.2, 0.25) is 5.91 Å². The molecule has 6 nitrogen and oxygen atoms in total. The molecule has 0 bridgehead atoms. The molecule has 1 aromatic rings. The molecule has 4 atom stereocenters. The summed E-state index contributed by atoms with van der Waals surface area (Å²) >= 11 is 0. The molecule has 4 fully saturated rings. The maximum Gasteiger partial charge on any atom is 0.222 e. The standard InChI is InChI=1S/C28H43N5O/c1-2-13-30-16-18-31(19-17-30)27(34)11-3-10-26-25-9-6-15-32-14-5-8-24(28(25)32)22-33(26)21-23-7-4-12-29-20-23/h2,4,7,12,20,24-26,28H,1,3,5-6,8-11,13-19,21-22H2/t24-,25+,26+,28-/m0/s1. The number of likely N-dealkylation sites (tertiary alicyclic amines) is 1. The summed E-state index contributed by atoms with van der Waals surface area (Å²) < 4.78 is 0. The summed E-state index contributed by atoms with van der Waals surface area (Å²) in [6.07, 6.45) is 14.1. The number of aromatic nitrogens is 1. The first-order valence-corrected chi connectivity index (χ1v) is 13.7. The summed E-state index contributed by atoms with van der Waals surface area (Å²) in [4.78, 5) is 27.4. The Kier molecular flexibility index (Phi) is 7.98. The van der Waals surface area contributed by atoms with Crippen LogP contribution in [0.5, 0.6) is 0 Å². The largest absolute Gasteiger partial charge is 0.340 e. The molecule has 4 aliphatic heterocycles. The first-order chi connectivity index (χ1) is 16.7. The van der Waals surface area contributed by atoms with E-state index < -0.39 is 0 Å². The minimum absolute atomic E-state index is 0.355. The molecule has 0 N–H and O–H groups in total. The van der Waals surface area contributed by atoms with E-state index in [1.807, 2.05) is 18.5 Å². The van der Waals surface area contributed by atoms with Crippen molar-refractivity contribution in [1.29, 1.82) is 0 Å². The predicted octanol–water partition coefficient (Wildman–Crippen LogP) is 3.26. The minimum Gasteiger partial charge on any atom is -0.340 e. The molecule has 186 valence electrons. The number of piperazine rings is 1. The lowest BCUT2D eigenvalue weighted by Crippen LogP contribution is -2.64. The van der Waals surface area contributed by atoms with E-state index >= 15 is 0 Å². The number of carbonyl (C=O) groups excluding carboxylic acids is 1. The monoisotopic (exact) mass is 465 g/mol. The Balaban J connectivity index is 1.22. The van der Waals surface area contributed by atoms with Crippen LogP contribution < -0.4 is 0 Å². The van der Waals surface area contributed by atoms with Crippen molar-refractivity contribution in [3.8, 4) is 0 Å². The Hall–Kier alpha value is -1.76.